The quantitative estimate of drug-likeness (QED) is 0.680. The molecule has 0 saturated heterocycles. The summed E-state index contributed by atoms with van der Waals surface area (Å²) in [6.07, 6.45) is 0. The molecule has 0 aromatic heterocycles. The van der Waals surface area contributed by atoms with E-state index in [-0.39, 0.29) is 11.1 Å². The number of carbonyl (C=O) groups is 3. The van der Waals surface area contributed by atoms with Crippen LogP contribution < -0.4 is 0 Å². The zero-order valence-electron chi connectivity index (χ0n) is 11.0. The van der Waals surface area contributed by atoms with E-state index in [1.54, 1.807) is 6.07 Å². The normalized spacial score (nSPS) is 10.2. The van der Waals surface area contributed by atoms with Gasteiger partial charge in [0, 0.05) is 5.56 Å². The molecule has 0 bridgehead atoms. The summed E-state index contributed by atoms with van der Waals surface area (Å²) in [7, 11) is 0. The number of carboxylic acid groups (broad SMARTS) is 3. The van der Waals surface area contributed by atoms with E-state index in [0.29, 0.717) is 6.07 Å². The van der Waals surface area contributed by atoms with Gasteiger partial charge < -0.3 is 20.4 Å². The van der Waals surface area contributed by atoms with Gasteiger partial charge in [-0.3, -0.25) is 0 Å². The van der Waals surface area contributed by atoms with Gasteiger partial charge in [-0.15, -0.1) is 0 Å². The molecule has 22 heavy (non-hydrogen) atoms. The number of rotatable bonds is 4. The molecule has 0 radical (unpaired) electrons. The van der Waals surface area contributed by atoms with Crippen molar-refractivity contribution in [3.8, 4) is 16.9 Å². The van der Waals surface area contributed by atoms with Crippen molar-refractivity contribution in [1.29, 1.82) is 0 Å². The number of benzene rings is 2. The van der Waals surface area contributed by atoms with Crippen LogP contribution >= 0.6 is 0 Å². The van der Waals surface area contributed by atoms with Crippen LogP contribution in [0.15, 0.2) is 36.4 Å². The number of aromatic hydroxyl groups is 1. The Balaban J connectivity index is 3.02. The fourth-order valence-corrected chi connectivity index (χ4v) is 2.17. The maximum absolute atomic E-state index is 11.5. The van der Waals surface area contributed by atoms with Crippen molar-refractivity contribution < 1.29 is 34.8 Å². The molecule has 2 aromatic rings. The first-order valence-corrected chi connectivity index (χ1v) is 5.99. The van der Waals surface area contributed by atoms with Crippen molar-refractivity contribution in [2.45, 2.75) is 0 Å². The van der Waals surface area contributed by atoms with Crippen LogP contribution in [0.4, 0.5) is 0 Å². The fourth-order valence-electron chi connectivity index (χ4n) is 2.17. The maximum Gasteiger partial charge on any atom is 0.340 e. The summed E-state index contributed by atoms with van der Waals surface area (Å²) in [4.78, 5) is 34.1. The van der Waals surface area contributed by atoms with Gasteiger partial charge >= 0.3 is 17.9 Å². The average Bonchev–Trinajstić information content (AvgIpc) is 2.46. The van der Waals surface area contributed by atoms with Gasteiger partial charge in [0.1, 0.15) is 11.3 Å². The Kier molecular flexibility index (Phi) is 3.81. The van der Waals surface area contributed by atoms with E-state index in [9.17, 15) is 29.7 Å². The molecule has 2 rings (SSSR count). The van der Waals surface area contributed by atoms with Gasteiger partial charge in [-0.05, 0) is 11.6 Å². The number of hydrogen-bond donors (Lipinski definition) is 4. The van der Waals surface area contributed by atoms with Crippen LogP contribution in [0.3, 0.4) is 0 Å². The number of phenols is 1. The highest BCUT2D eigenvalue weighted by atomic mass is 16.4. The zero-order chi connectivity index (χ0) is 16.4. The van der Waals surface area contributed by atoms with Crippen LogP contribution in [-0.4, -0.2) is 38.3 Å². The Hall–Kier alpha value is -3.35. The molecule has 0 fully saturated rings. The summed E-state index contributed by atoms with van der Waals surface area (Å²) in [6, 6.07) is 8.19. The molecular formula is C15H10O7. The third-order valence-electron chi connectivity index (χ3n) is 3.03. The fraction of sp³-hybridized carbons (Fsp3) is 0. The lowest BCUT2D eigenvalue weighted by molar-refractivity contribution is 0.0649. The van der Waals surface area contributed by atoms with Crippen molar-refractivity contribution in [1.82, 2.24) is 0 Å². The summed E-state index contributed by atoms with van der Waals surface area (Å²) >= 11 is 0. The largest absolute Gasteiger partial charge is 0.507 e. The van der Waals surface area contributed by atoms with Gasteiger partial charge in [-0.25, -0.2) is 14.4 Å². The molecule has 0 aliphatic rings. The first-order chi connectivity index (χ1) is 10.3. The SMILES string of the molecule is O=C(O)c1cc(O)c(C(=O)O)c(-c2ccccc2)c1C(=O)O. The third-order valence-corrected chi connectivity index (χ3v) is 3.03. The standard InChI is InChI=1S/C15H10O7/c16-9-6-8(13(17)18)11(14(19)20)10(12(9)15(21)22)7-4-2-1-3-5-7/h1-6,16H,(H,17,18)(H,19,20)(H,21,22). The van der Waals surface area contributed by atoms with Crippen LogP contribution in [0.5, 0.6) is 5.75 Å². The molecule has 0 aliphatic heterocycles. The summed E-state index contributed by atoms with van der Waals surface area (Å²) < 4.78 is 0. The Labute approximate surface area is 123 Å². The molecule has 2 aromatic carbocycles. The summed E-state index contributed by atoms with van der Waals surface area (Å²) in [6.45, 7) is 0. The van der Waals surface area contributed by atoms with E-state index in [4.69, 9.17) is 5.11 Å². The van der Waals surface area contributed by atoms with Gasteiger partial charge in [0.2, 0.25) is 0 Å². The Morgan fingerprint density at radius 3 is 1.77 bits per heavy atom. The van der Waals surface area contributed by atoms with Crippen LogP contribution in [-0.2, 0) is 0 Å². The van der Waals surface area contributed by atoms with E-state index in [2.05, 4.69) is 0 Å². The molecule has 7 nitrogen and oxygen atoms in total. The molecule has 0 saturated carbocycles. The van der Waals surface area contributed by atoms with Crippen molar-refractivity contribution in [3.05, 3.63) is 53.1 Å². The first kappa shape index (κ1) is 15.0. The smallest absolute Gasteiger partial charge is 0.340 e. The lowest BCUT2D eigenvalue weighted by Crippen LogP contribution is -2.14. The van der Waals surface area contributed by atoms with Gasteiger partial charge in [0.25, 0.3) is 0 Å². The predicted octanol–water partition coefficient (Wildman–Crippen LogP) is 2.15. The highest BCUT2D eigenvalue weighted by molar-refractivity contribution is 6.12. The molecule has 7 heteroatoms. The molecule has 0 unspecified atom stereocenters. The average molecular weight is 302 g/mol. The second-order valence-corrected chi connectivity index (χ2v) is 4.35. The van der Waals surface area contributed by atoms with E-state index in [1.807, 2.05) is 0 Å². The predicted molar refractivity (Wildman–Crippen MR) is 74.4 cm³/mol. The van der Waals surface area contributed by atoms with E-state index in [0.717, 1.165) is 0 Å². The number of carboxylic acids is 3. The lowest BCUT2D eigenvalue weighted by atomic mass is 9.90. The minimum absolute atomic E-state index is 0.177. The Morgan fingerprint density at radius 2 is 1.32 bits per heavy atom. The number of aromatic carboxylic acids is 3. The zero-order valence-corrected chi connectivity index (χ0v) is 11.0. The van der Waals surface area contributed by atoms with E-state index >= 15 is 0 Å². The molecular weight excluding hydrogens is 292 g/mol. The Bertz CT molecular complexity index is 778. The number of hydrogen-bond acceptors (Lipinski definition) is 4. The van der Waals surface area contributed by atoms with Crippen LogP contribution in [0.2, 0.25) is 0 Å². The minimum atomic E-state index is -1.60. The van der Waals surface area contributed by atoms with Gasteiger partial charge in [0.05, 0.1) is 11.1 Å². The van der Waals surface area contributed by atoms with Gasteiger partial charge in [-0.2, -0.15) is 0 Å². The lowest BCUT2D eigenvalue weighted by Gasteiger charge is -2.14. The van der Waals surface area contributed by atoms with Crippen molar-refractivity contribution in [2.75, 3.05) is 0 Å². The van der Waals surface area contributed by atoms with Crippen molar-refractivity contribution in [3.63, 3.8) is 0 Å². The summed E-state index contributed by atoms with van der Waals surface area (Å²) in [5, 5.41) is 37.5. The van der Waals surface area contributed by atoms with E-state index in [1.165, 1.54) is 24.3 Å². The maximum atomic E-state index is 11.5. The van der Waals surface area contributed by atoms with Crippen LogP contribution in [0.1, 0.15) is 31.1 Å². The first-order valence-electron chi connectivity index (χ1n) is 5.99. The van der Waals surface area contributed by atoms with Gasteiger partial charge in [-0.1, -0.05) is 30.3 Å². The summed E-state index contributed by atoms with van der Waals surface area (Å²) in [5.74, 6) is -5.55. The Morgan fingerprint density at radius 1 is 0.773 bits per heavy atom. The highest BCUT2D eigenvalue weighted by Gasteiger charge is 2.29. The molecule has 0 amide bonds. The molecule has 4 N–H and O–H groups in total. The topological polar surface area (TPSA) is 132 Å². The minimum Gasteiger partial charge on any atom is -0.507 e. The van der Waals surface area contributed by atoms with E-state index < -0.39 is 40.3 Å². The second-order valence-electron chi connectivity index (χ2n) is 4.35. The van der Waals surface area contributed by atoms with Gasteiger partial charge in [0.15, 0.2) is 0 Å². The molecule has 0 aliphatic carbocycles. The monoisotopic (exact) mass is 302 g/mol. The molecule has 0 heterocycles. The van der Waals surface area contributed by atoms with Crippen LogP contribution in [0.25, 0.3) is 11.1 Å². The van der Waals surface area contributed by atoms with Crippen LogP contribution in [0, 0.1) is 0 Å². The third kappa shape index (κ3) is 2.47. The highest BCUT2D eigenvalue weighted by Crippen LogP contribution is 2.36. The second kappa shape index (κ2) is 5.57. The molecule has 0 atom stereocenters. The molecule has 0 spiro atoms. The summed E-state index contributed by atoms with van der Waals surface area (Å²) in [5.41, 5.74) is -2.20. The van der Waals surface area contributed by atoms with Crippen molar-refractivity contribution >= 4 is 17.9 Å². The van der Waals surface area contributed by atoms with Crippen molar-refractivity contribution in [2.24, 2.45) is 0 Å². The molecule has 112 valence electrons.